The molecule has 0 saturated heterocycles. The van der Waals surface area contributed by atoms with Crippen LogP contribution in [0.25, 0.3) is 0 Å². The van der Waals surface area contributed by atoms with Gasteiger partial charge in [-0.25, -0.2) is 0 Å². The summed E-state index contributed by atoms with van der Waals surface area (Å²) in [6.45, 7) is 3.42. The van der Waals surface area contributed by atoms with E-state index in [0.29, 0.717) is 11.3 Å². The Hall–Kier alpha value is -1.12. The largest absolute Gasteiger partial charge is 0.361 e. The lowest BCUT2D eigenvalue weighted by Crippen LogP contribution is -2.05. The minimum Gasteiger partial charge on any atom is -0.361 e. The van der Waals surface area contributed by atoms with Crippen LogP contribution >= 0.6 is 0 Å². The molecule has 0 aliphatic heterocycles. The van der Waals surface area contributed by atoms with Gasteiger partial charge in [-0.05, 0) is 13.8 Å². The van der Waals surface area contributed by atoms with E-state index in [1.54, 1.807) is 13.8 Å². The van der Waals surface area contributed by atoms with Crippen molar-refractivity contribution in [2.24, 2.45) is 0 Å². The van der Waals surface area contributed by atoms with E-state index in [1.807, 2.05) is 0 Å². The molecule has 1 rings (SSSR count). The maximum absolute atomic E-state index is 10.7. The predicted molar refractivity (Wildman–Crippen MR) is 32.2 cm³/mol. The highest BCUT2D eigenvalue weighted by Crippen LogP contribution is 1.94. The van der Waals surface area contributed by atoms with Crippen molar-refractivity contribution in [2.45, 2.75) is 13.8 Å². The molecule has 0 bridgehead atoms. The summed E-state index contributed by atoms with van der Waals surface area (Å²) in [5.74, 6) is 0.586. The Morgan fingerprint density at radius 3 is 2.67 bits per heavy atom. The maximum atomic E-state index is 10.7. The van der Waals surface area contributed by atoms with Gasteiger partial charge >= 0.3 is 0 Å². The van der Waals surface area contributed by atoms with Gasteiger partial charge in [-0.1, -0.05) is 5.16 Å². The number of aryl methyl sites for hydroxylation is 1. The number of aromatic nitrogens is 1. The fraction of sp³-hybridized carbons (Fsp3) is 0.333. The quantitative estimate of drug-likeness (QED) is 0.511. The summed E-state index contributed by atoms with van der Waals surface area (Å²) in [5.41, 5.74) is 0.559. The van der Waals surface area contributed by atoms with Gasteiger partial charge in [0, 0.05) is 5.56 Å². The summed E-state index contributed by atoms with van der Waals surface area (Å²) in [4.78, 5) is 10.7. The molecule has 0 aromatic carbocycles. The molecule has 9 heavy (non-hydrogen) atoms. The summed E-state index contributed by atoms with van der Waals surface area (Å²) in [7, 11) is 0. The molecule has 0 unspecified atom stereocenters. The van der Waals surface area contributed by atoms with Crippen LogP contribution in [0.3, 0.4) is 0 Å². The van der Waals surface area contributed by atoms with E-state index in [4.69, 9.17) is 0 Å². The average molecular weight is 125 g/mol. The van der Waals surface area contributed by atoms with Gasteiger partial charge in [0.15, 0.2) is 0 Å². The third kappa shape index (κ3) is 0.988. The monoisotopic (exact) mass is 125 g/mol. The summed E-state index contributed by atoms with van der Waals surface area (Å²) < 4.78 is 4.69. The minimum atomic E-state index is -0.0706. The van der Waals surface area contributed by atoms with E-state index in [2.05, 4.69) is 9.68 Å². The third-order valence-corrected chi connectivity index (χ3v) is 1.26. The van der Waals surface area contributed by atoms with Gasteiger partial charge in [-0.3, -0.25) is 4.79 Å². The molecule has 0 atom stereocenters. The van der Waals surface area contributed by atoms with Crippen LogP contribution in [0.1, 0.15) is 11.3 Å². The van der Waals surface area contributed by atoms with Crippen LogP contribution in [-0.2, 0) is 0 Å². The van der Waals surface area contributed by atoms with Crippen LogP contribution in [0.5, 0.6) is 0 Å². The molecular formula is C6H7NO2. The molecule has 0 spiro atoms. The van der Waals surface area contributed by atoms with E-state index in [0.717, 1.165) is 0 Å². The van der Waals surface area contributed by atoms with E-state index in [9.17, 15) is 4.79 Å². The highest BCUT2D eigenvalue weighted by molar-refractivity contribution is 5.10. The Balaban J connectivity index is 3.43. The predicted octanol–water partition coefficient (Wildman–Crippen LogP) is 0.652. The first-order valence-corrected chi connectivity index (χ1v) is 2.64. The van der Waals surface area contributed by atoms with Crippen molar-refractivity contribution in [1.29, 1.82) is 0 Å². The molecule has 3 heteroatoms. The number of hydrogen-bond donors (Lipinski definition) is 0. The molecule has 3 nitrogen and oxygen atoms in total. The minimum absolute atomic E-state index is 0.0706. The second-order valence-electron chi connectivity index (χ2n) is 1.87. The molecule has 0 amide bonds. The van der Waals surface area contributed by atoms with E-state index >= 15 is 0 Å². The highest BCUT2D eigenvalue weighted by Gasteiger charge is 1.96. The first-order valence-electron chi connectivity index (χ1n) is 2.64. The fourth-order valence-corrected chi connectivity index (χ4v) is 0.492. The van der Waals surface area contributed by atoms with Crippen molar-refractivity contribution < 1.29 is 4.52 Å². The van der Waals surface area contributed by atoms with Gasteiger partial charge in [-0.15, -0.1) is 0 Å². The van der Waals surface area contributed by atoms with Crippen LogP contribution in [0.15, 0.2) is 15.5 Å². The Bertz CT molecular complexity index is 264. The smallest absolute Gasteiger partial charge is 0.206 e. The third-order valence-electron chi connectivity index (χ3n) is 1.26. The molecule has 0 radical (unpaired) electrons. The topological polar surface area (TPSA) is 43.1 Å². The standard InChI is InChI=1S/C6H7NO2/c1-4-5(2)9-7-3-6(4)8/h3H,1-2H3. The normalized spacial score (nSPS) is 9.56. The zero-order chi connectivity index (χ0) is 6.85. The van der Waals surface area contributed by atoms with Crippen LogP contribution < -0.4 is 5.43 Å². The SMILES string of the molecule is Cc1oncc(=O)c1C. The van der Waals surface area contributed by atoms with Gasteiger partial charge in [0.1, 0.15) is 12.0 Å². The summed E-state index contributed by atoms with van der Waals surface area (Å²) in [5, 5.41) is 3.36. The van der Waals surface area contributed by atoms with E-state index in [1.165, 1.54) is 6.20 Å². The van der Waals surface area contributed by atoms with Crippen molar-refractivity contribution in [1.82, 2.24) is 5.16 Å². The number of hydrogen-bond acceptors (Lipinski definition) is 3. The first kappa shape index (κ1) is 6.01. The molecule has 1 heterocycles. The lowest BCUT2D eigenvalue weighted by molar-refractivity contribution is 0.370. The van der Waals surface area contributed by atoms with Crippen molar-refractivity contribution in [3.05, 3.63) is 27.7 Å². The Labute approximate surface area is 52.3 Å². The summed E-state index contributed by atoms with van der Waals surface area (Å²) >= 11 is 0. The summed E-state index contributed by atoms with van der Waals surface area (Å²) in [6, 6.07) is 0. The molecule has 0 aliphatic rings. The van der Waals surface area contributed by atoms with Crippen molar-refractivity contribution >= 4 is 0 Å². The highest BCUT2D eigenvalue weighted by atomic mass is 16.5. The van der Waals surface area contributed by atoms with Crippen molar-refractivity contribution in [3.8, 4) is 0 Å². The lowest BCUT2D eigenvalue weighted by Gasteiger charge is -1.90. The molecule has 0 aliphatic carbocycles. The van der Waals surface area contributed by atoms with Gasteiger partial charge in [-0.2, -0.15) is 0 Å². The Morgan fingerprint density at radius 2 is 2.22 bits per heavy atom. The molecule has 0 fully saturated rings. The second kappa shape index (κ2) is 2.01. The summed E-state index contributed by atoms with van der Waals surface area (Å²) in [6.07, 6.45) is 1.17. The van der Waals surface area contributed by atoms with Gasteiger partial charge in [0.2, 0.25) is 5.43 Å². The molecule has 1 aromatic heterocycles. The Morgan fingerprint density at radius 1 is 1.56 bits per heavy atom. The number of nitrogens with zero attached hydrogens (tertiary/aromatic N) is 1. The van der Waals surface area contributed by atoms with Crippen LogP contribution in [-0.4, -0.2) is 5.16 Å². The van der Waals surface area contributed by atoms with E-state index < -0.39 is 0 Å². The fourth-order valence-electron chi connectivity index (χ4n) is 0.492. The average Bonchev–Trinajstić information content (AvgIpc) is 1.83. The molecule has 48 valence electrons. The van der Waals surface area contributed by atoms with Gasteiger partial charge in [0.05, 0.1) is 0 Å². The number of rotatable bonds is 0. The Kier molecular flexibility index (Phi) is 1.34. The maximum Gasteiger partial charge on any atom is 0.206 e. The zero-order valence-corrected chi connectivity index (χ0v) is 5.34. The van der Waals surface area contributed by atoms with Crippen molar-refractivity contribution in [2.75, 3.05) is 0 Å². The first-order chi connectivity index (χ1) is 4.22. The zero-order valence-electron chi connectivity index (χ0n) is 5.34. The van der Waals surface area contributed by atoms with Crippen LogP contribution in [0.2, 0.25) is 0 Å². The second-order valence-corrected chi connectivity index (χ2v) is 1.87. The van der Waals surface area contributed by atoms with Gasteiger partial charge < -0.3 is 4.52 Å². The molecule has 0 saturated carbocycles. The van der Waals surface area contributed by atoms with Gasteiger partial charge in [0.25, 0.3) is 0 Å². The lowest BCUT2D eigenvalue weighted by atomic mass is 10.3. The molecular weight excluding hydrogens is 118 g/mol. The molecule has 1 aromatic rings. The van der Waals surface area contributed by atoms with E-state index in [-0.39, 0.29) is 5.43 Å². The van der Waals surface area contributed by atoms with Crippen LogP contribution in [0, 0.1) is 13.8 Å². The van der Waals surface area contributed by atoms with Crippen LogP contribution in [0.4, 0.5) is 0 Å². The van der Waals surface area contributed by atoms with Crippen molar-refractivity contribution in [3.63, 3.8) is 0 Å². The molecule has 0 N–H and O–H groups in total.